The van der Waals surface area contributed by atoms with Gasteiger partial charge < -0.3 is 9.16 Å². The summed E-state index contributed by atoms with van der Waals surface area (Å²) in [5, 5.41) is 0.161. The van der Waals surface area contributed by atoms with Crippen molar-refractivity contribution in [3.05, 3.63) is 0 Å². The maximum Gasteiger partial charge on any atom is 0.192 e. The first-order valence-electron chi connectivity index (χ1n) is 6.88. The number of carbonyl (C=O) groups is 1. The van der Waals surface area contributed by atoms with Gasteiger partial charge in [0.2, 0.25) is 0 Å². The van der Waals surface area contributed by atoms with Gasteiger partial charge in [-0.15, -0.1) is 0 Å². The van der Waals surface area contributed by atoms with Crippen molar-refractivity contribution in [2.45, 2.75) is 77.0 Å². The van der Waals surface area contributed by atoms with Crippen LogP contribution in [0.25, 0.3) is 0 Å². The quantitative estimate of drug-likeness (QED) is 0.723. The number of ketones is 1. The summed E-state index contributed by atoms with van der Waals surface area (Å²) >= 11 is 0. The molecule has 0 amide bonds. The van der Waals surface area contributed by atoms with Gasteiger partial charge in [0, 0.05) is 12.3 Å². The van der Waals surface area contributed by atoms with Crippen LogP contribution in [-0.4, -0.2) is 31.9 Å². The van der Waals surface area contributed by atoms with Crippen LogP contribution in [0.4, 0.5) is 0 Å². The average Bonchev–Trinajstić information content (AvgIpc) is 2.59. The van der Waals surface area contributed by atoms with Crippen molar-refractivity contribution in [2.75, 3.05) is 0 Å². The van der Waals surface area contributed by atoms with E-state index >= 15 is 0 Å². The van der Waals surface area contributed by atoms with Crippen LogP contribution in [0.5, 0.6) is 0 Å². The third-order valence-corrected chi connectivity index (χ3v) is 9.63. The number of Topliss-reactive ketones (excluding diaryl/α,β-unsaturated/α-hetero) is 1. The highest BCUT2D eigenvalue weighted by molar-refractivity contribution is 6.74. The second kappa shape index (κ2) is 3.90. The minimum atomic E-state index is -1.86. The molecule has 0 unspecified atom stereocenters. The number of hydrogen-bond donors (Lipinski definition) is 0. The lowest BCUT2D eigenvalue weighted by Gasteiger charge is -2.43. The highest BCUT2D eigenvalue weighted by Crippen LogP contribution is 2.49. The topological polar surface area (TPSA) is 35.5 Å². The summed E-state index contributed by atoms with van der Waals surface area (Å²) in [6, 6.07) is 0. The summed E-state index contributed by atoms with van der Waals surface area (Å²) in [5.41, 5.74) is -0.695. The van der Waals surface area contributed by atoms with Crippen molar-refractivity contribution in [2.24, 2.45) is 5.92 Å². The average molecular weight is 270 g/mol. The van der Waals surface area contributed by atoms with Crippen LogP contribution in [0.2, 0.25) is 18.1 Å². The van der Waals surface area contributed by atoms with E-state index in [4.69, 9.17) is 9.16 Å². The molecular weight excluding hydrogens is 244 g/mol. The van der Waals surface area contributed by atoms with Gasteiger partial charge in [0.05, 0.1) is 12.2 Å². The number of hydrogen-bond acceptors (Lipinski definition) is 3. The van der Waals surface area contributed by atoms with Crippen LogP contribution < -0.4 is 0 Å². The standard InChI is InChI=1S/C14H26O3Si/c1-9-10-8-11(15)14(5,16-10)12(9)17-18(6,7)13(2,3)4/h9-10,12H,8H2,1-7H3/t9-,10+,12+,14-/m0/s1. The smallest absolute Gasteiger partial charge is 0.192 e. The Kier molecular flexibility index (Phi) is 3.08. The third kappa shape index (κ3) is 1.89. The minimum Gasteiger partial charge on any atom is -0.410 e. The Bertz CT molecular complexity index is 372. The molecule has 0 aliphatic carbocycles. The summed E-state index contributed by atoms with van der Waals surface area (Å²) in [7, 11) is -1.86. The normalized spacial score (nSPS) is 40.6. The highest BCUT2D eigenvalue weighted by Gasteiger charge is 2.62. The molecule has 0 saturated carbocycles. The van der Waals surface area contributed by atoms with Crippen molar-refractivity contribution in [3.8, 4) is 0 Å². The molecule has 0 N–H and O–H groups in total. The van der Waals surface area contributed by atoms with Gasteiger partial charge in [-0.3, -0.25) is 4.79 Å². The van der Waals surface area contributed by atoms with E-state index in [0.29, 0.717) is 12.3 Å². The zero-order valence-corrected chi connectivity index (χ0v) is 13.7. The Labute approximate surface area is 111 Å². The van der Waals surface area contributed by atoms with Gasteiger partial charge in [-0.05, 0) is 25.1 Å². The third-order valence-electron chi connectivity index (χ3n) is 5.17. The van der Waals surface area contributed by atoms with E-state index in [9.17, 15) is 4.79 Å². The van der Waals surface area contributed by atoms with E-state index in [0.717, 1.165) is 0 Å². The molecule has 104 valence electrons. The second-order valence-corrected chi connectivity index (χ2v) is 12.3. The zero-order valence-electron chi connectivity index (χ0n) is 12.7. The fourth-order valence-corrected chi connectivity index (χ4v) is 4.16. The molecule has 4 heteroatoms. The molecule has 2 aliphatic rings. The molecule has 2 saturated heterocycles. The van der Waals surface area contributed by atoms with Crippen molar-refractivity contribution in [1.29, 1.82) is 0 Å². The lowest BCUT2D eigenvalue weighted by molar-refractivity contribution is -0.135. The van der Waals surface area contributed by atoms with Crippen LogP contribution in [0.15, 0.2) is 0 Å². The number of carbonyl (C=O) groups excluding carboxylic acids is 1. The molecule has 0 aromatic heterocycles. The Morgan fingerprint density at radius 1 is 1.39 bits per heavy atom. The maximum atomic E-state index is 12.1. The van der Waals surface area contributed by atoms with Gasteiger partial charge in [0.25, 0.3) is 0 Å². The predicted octanol–water partition coefficient (Wildman–Crippen LogP) is 3.14. The minimum absolute atomic E-state index is 0.0651. The molecule has 2 heterocycles. The van der Waals surface area contributed by atoms with Crippen LogP contribution in [0, 0.1) is 5.92 Å². The van der Waals surface area contributed by atoms with Crippen LogP contribution in [0.1, 0.15) is 41.0 Å². The summed E-state index contributed by atoms with van der Waals surface area (Å²) < 4.78 is 12.4. The fraction of sp³-hybridized carbons (Fsp3) is 0.929. The summed E-state index contributed by atoms with van der Waals surface area (Å²) in [4.78, 5) is 12.1. The lowest BCUT2D eigenvalue weighted by atomic mass is 9.80. The van der Waals surface area contributed by atoms with Gasteiger partial charge in [0.15, 0.2) is 14.1 Å². The van der Waals surface area contributed by atoms with Crippen molar-refractivity contribution >= 4 is 14.1 Å². The van der Waals surface area contributed by atoms with Gasteiger partial charge >= 0.3 is 0 Å². The zero-order chi connectivity index (χ0) is 13.9. The first kappa shape index (κ1) is 14.2. The molecule has 3 nitrogen and oxygen atoms in total. The van der Waals surface area contributed by atoms with Crippen LogP contribution in [-0.2, 0) is 14.0 Å². The SMILES string of the molecule is C[C@@H]1[C@@H](O[Si](C)(C)C(C)(C)C)[C@@]2(C)O[C@@H]1CC2=O. The molecule has 0 radical (unpaired) electrons. The molecule has 2 rings (SSSR count). The van der Waals surface area contributed by atoms with Crippen molar-refractivity contribution < 1.29 is 14.0 Å². The van der Waals surface area contributed by atoms with E-state index in [1.54, 1.807) is 0 Å². The van der Waals surface area contributed by atoms with Crippen LogP contribution >= 0.6 is 0 Å². The highest BCUT2D eigenvalue weighted by atomic mass is 28.4. The molecule has 4 atom stereocenters. The summed E-state index contributed by atoms with van der Waals surface area (Å²) in [6.45, 7) is 15.2. The Morgan fingerprint density at radius 3 is 2.39 bits per heavy atom. The van der Waals surface area contributed by atoms with Gasteiger partial charge in [-0.1, -0.05) is 27.7 Å². The number of rotatable bonds is 2. The van der Waals surface area contributed by atoms with E-state index < -0.39 is 13.9 Å². The molecule has 2 fully saturated rings. The molecule has 0 aromatic rings. The van der Waals surface area contributed by atoms with Gasteiger partial charge in [-0.2, -0.15) is 0 Å². The first-order valence-corrected chi connectivity index (χ1v) is 9.79. The fourth-order valence-electron chi connectivity index (χ4n) is 2.74. The molecular formula is C14H26O3Si. The first-order chi connectivity index (χ1) is 7.99. The maximum absolute atomic E-state index is 12.1. The number of ether oxygens (including phenoxy) is 1. The Balaban J connectivity index is 2.23. The van der Waals surface area contributed by atoms with Crippen molar-refractivity contribution in [3.63, 3.8) is 0 Å². The van der Waals surface area contributed by atoms with E-state index in [1.807, 2.05) is 6.92 Å². The van der Waals surface area contributed by atoms with E-state index in [-0.39, 0.29) is 23.0 Å². The number of fused-ring (bicyclic) bond motifs is 2. The molecule has 18 heavy (non-hydrogen) atoms. The van der Waals surface area contributed by atoms with E-state index in [1.165, 1.54) is 0 Å². The van der Waals surface area contributed by atoms with Gasteiger partial charge in [0.1, 0.15) is 5.60 Å². The second-order valence-electron chi connectivity index (χ2n) is 7.55. The van der Waals surface area contributed by atoms with E-state index in [2.05, 4.69) is 40.8 Å². The molecule has 0 aromatic carbocycles. The Morgan fingerprint density at radius 2 is 1.94 bits per heavy atom. The van der Waals surface area contributed by atoms with Crippen molar-refractivity contribution in [1.82, 2.24) is 0 Å². The lowest BCUT2D eigenvalue weighted by Crippen LogP contribution is -2.55. The van der Waals surface area contributed by atoms with Gasteiger partial charge in [-0.25, -0.2) is 0 Å². The predicted molar refractivity (Wildman–Crippen MR) is 74.1 cm³/mol. The Hall–Kier alpha value is -0.193. The summed E-state index contributed by atoms with van der Waals surface area (Å²) in [6.07, 6.45) is 0.566. The largest absolute Gasteiger partial charge is 0.410 e. The summed E-state index contributed by atoms with van der Waals surface area (Å²) in [5.74, 6) is 0.538. The molecule has 2 aliphatic heterocycles. The molecule has 2 bridgehead atoms. The van der Waals surface area contributed by atoms with Crippen LogP contribution in [0.3, 0.4) is 0 Å². The molecule has 0 spiro atoms. The monoisotopic (exact) mass is 270 g/mol.